The lowest BCUT2D eigenvalue weighted by Gasteiger charge is -2.39. The van der Waals surface area contributed by atoms with Crippen LogP contribution in [0.4, 0.5) is 0 Å². The zero-order chi connectivity index (χ0) is 14.1. The Kier molecular flexibility index (Phi) is 7.34. The Hall–Kier alpha value is -0.650. The Labute approximate surface area is 115 Å². The summed E-state index contributed by atoms with van der Waals surface area (Å²) in [7, 11) is 0. The summed E-state index contributed by atoms with van der Waals surface area (Å²) >= 11 is 0. The lowest BCUT2D eigenvalue weighted by atomic mass is 9.77. The van der Waals surface area contributed by atoms with E-state index in [0.717, 1.165) is 19.3 Å². The molecule has 1 fully saturated rings. The average Bonchev–Trinajstić information content (AvgIpc) is 2.39. The van der Waals surface area contributed by atoms with Gasteiger partial charge in [0.15, 0.2) is 0 Å². The molecular weight excluding hydrogens is 246 g/mol. The molecule has 0 bridgehead atoms. The number of carbonyl (C=O) groups excluding carboxylic acids is 1. The highest BCUT2D eigenvalue weighted by molar-refractivity contribution is 5.70. The summed E-state index contributed by atoms with van der Waals surface area (Å²) in [6.45, 7) is 5.64. The van der Waals surface area contributed by atoms with E-state index in [-0.39, 0.29) is 24.7 Å². The molecule has 0 aromatic rings. The highest BCUT2D eigenvalue weighted by Gasteiger charge is 2.33. The topological polar surface area (TPSA) is 67.8 Å². The minimum absolute atomic E-state index is 0.00194. The first-order chi connectivity index (χ1) is 9.12. The molecule has 1 aliphatic rings. The standard InChI is InChI=1S/C14H27NO4/c1-3-19-13(17)10-18-8-7-15-14(11-16)6-4-5-12(2)9-14/h12,15-16H,3-11H2,1-2H3. The molecule has 0 aromatic heterocycles. The molecule has 2 atom stereocenters. The first-order valence-corrected chi connectivity index (χ1v) is 7.21. The molecule has 0 aliphatic heterocycles. The van der Waals surface area contributed by atoms with Crippen LogP contribution in [0.25, 0.3) is 0 Å². The predicted molar refractivity (Wildman–Crippen MR) is 72.9 cm³/mol. The quantitative estimate of drug-likeness (QED) is 0.512. The number of rotatable bonds is 8. The molecule has 5 heteroatoms. The third-order valence-electron chi connectivity index (χ3n) is 3.67. The summed E-state index contributed by atoms with van der Waals surface area (Å²) in [6.07, 6.45) is 4.40. The van der Waals surface area contributed by atoms with E-state index >= 15 is 0 Å². The van der Waals surface area contributed by atoms with Gasteiger partial charge in [0.2, 0.25) is 0 Å². The SMILES string of the molecule is CCOC(=O)COCCNC1(CO)CCCC(C)C1. The fourth-order valence-corrected chi connectivity index (χ4v) is 2.77. The zero-order valence-corrected chi connectivity index (χ0v) is 12.1. The van der Waals surface area contributed by atoms with Gasteiger partial charge in [-0.1, -0.05) is 19.8 Å². The van der Waals surface area contributed by atoms with E-state index in [1.54, 1.807) is 6.92 Å². The Bertz CT molecular complexity index is 272. The highest BCUT2D eigenvalue weighted by atomic mass is 16.6. The summed E-state index contributed by atoms with van der Waals surface area (Å²) in [5, 5.41) is 13.0. The van der Waals surface area contributed by atoms with Gasteiger partial charge in [0.1, 0.15) is 6.61 Å². The van der Waals surface area contributed by atoms with Crippen molar-refractivity contribution in [3.8, 4) is 0 Å². The fourth-order valence-electron chi connectivity index (χ4n) is 2.77. The Morgan fingerprint density at radius 1 is 1.53 bits per heavy atom. The van der Waals surface area contributed by atoms with E-state index in [1.165, 1.54) is 6.42 Å². The van der Waals surface area contributed by atoms with Gasteiger partial charge in [0.25, 0.3) is 0 Å². The van der Waals surface area contributed by atoms with E-state index in [9.17, 15) is 9.90 Å². The first kappa shape index (κ1) is 16.4. The second-order valence-electron chi connectivity index (χ2n) is 5.42. The maximum Gasteiger partial charge on any atom is 0.332 e. The van der Waals surface area contributed by atoms with Gasteiger partial charge in [-0.05, 0) is 25.7 Å². The number of esters is 1. The Morgan fingerprint density at radius 3 is 2.95 bits per heavy atom. The number of ether oxygens (including phenoxy) is 2. The van der Waals surface area contributed by atoms with E-state index in [0.29, 0.717) is 25.7 Å². The number of carbonyl (C=O) groups is 1. The molecule has 1 rings (SSSR count). The lowest BCUT2D eigenvalue weighted by molar-refractivity contribution is -0.148. The third-order valence-corrected chi connectivity index (χ3v) is 3.67. The maximum absolute atomic E-state index is 11.1. The molecular formula is C14H27NO4. The number of hydrogen-bond donors (Lipinski definition) is 2. The van der Waals surface area contributed by atoms with Gasteiger partial charge in [0, 0.05) is 12.1 Å². The van der Waals surface area contributed by atoms with Gasteiger partial charge in [-0.25, -0.2) is 4.79 Å². The minimum Gasteiger partial charge on any atom is -0.464 e. The van der Waals surface area contributed by atoms with E-state index in [4.69, 9.17) is 9.47 Å². The molecule has 2 N–H and O–H groups in total. The van der Waals surface area contributed by atoms with Crippen LogP contribution in [-0.4, -0.2) is 49.6 Å². The highest BCUT2D eigenvalue weighted by Crippen LogP contribution is 2.31. The van der Waals surface area contributed by atoms with Gasteiger partial charge >= 0.3 is 5.97 Å². The van der Waals surface area contributed by atoms with E-state index in [2.05, 4.69) is 12.2 Å². The van der Waals surface area contributed by atoms with Crippen molar-refractivity contribution in [3.05, 3.63) is 0 Å². The van der Waals surface area contributed by atoms with Gasteiger partial charge in [0.05, 0.1) is 19.8 Å². The smallest absolute Gasteiger partial charge is 0.332 e. The molecule has 5 nitrogen and oxygen atoms in total. The molecule has 1 aliphatic carbocycles. The van der Waals surface area contributed by atoms with Crippen LogP contribution in [0.5, 0.6) is 0 Å². The van der Waals surface area contributed by atoms with Crippen LogP contribution in [0.1, 0.15) is 39.5 Å². The number of aliphatic hydroxyl groups excluding tert-OH is 1. The average molecular weight is 273 g/mol. The van der Waals surface area contributed by atoms with Crippen molar-refractivity contribution >= 4 is 5.97 Å². The number of hydrogen-bond acceptors (Lipinski definition) is 5. The van der Waals surface area contributed by atoms with Crippen molar-refractivity contribution in [3.63, 3.8) is 0 Å². The van der Waals surface area contributed by atoms with Crippen molar-refractivity contribution in [1.29, 1.82) is 0 Å². The lowest BCUT2D eigenvalue weighted by Crippen LogP contribution is -2.52. The maximum atomic E-state index is 11.1. The molecule has 112 valence electrons. The van der Waals surface area contributed by atoms with E-state index < -0.39 is 0 Å². The van der Waals surface area contributed by atoms with Crippen molar-refractivity contribution in [2.45, 2.75) is 45.1 Å². The molecule has 2 unspecified atom stereocenters. The summed E-state index contributed by atoms with van der Waals surface area (Å²) in [5.41, 5.74) is -0.162. The van der Waals surface area contributed by atoms with Crippen LogP contribution in [0.3, 0.4) is 0 Å². The van der Waals surface area contributed by atoms with Crippen LogP contribution in [0.2, 0.25) is 0 Å². The van der Waals surface area contributed by atoms with Crippen LogP contribution >= 0.6 is 0 Å². The van der Waals surface area contributed by atoms with Gasteiger partial charge in [-0.3, -0.25) is 0 Å². The van der Waals surface area contributed by atoms with Crippen molar-refractivity contribution < 1.29 is 19.4 Å². The second-order valence-corrected chi connectivity index (χ2v) is 5.42. The molecule has 19 heavy (non-hydrogen) atoms. The van der Waals surface area contributed by atoms with Gasteiger partial charge < -0.3 is 19.9 Å². The third kappa shape index (κ3) is 5.89. The minimum atomic E-state index is -0.328. The van der Waals surface area contributed by atoms with Crippen LogP contribution < -0.4 is 5.32 Å². The molecule has 1 saturated carbocycles. The predicted octanol–water partition coefficient (Wildman–Crippen LogP) is 1.10. The monoisotopic (exact) mass is 273 g/mol. The number of nitrogens with one attached hydrogen (secondary N) is 1. The zero-order valence-electron chi connectivity index (χ0n) is 12.1. The summed E-state index contributed by atoms with van der Waals surface area (Å²) in [4.78, 5) is 11.1. The molecule has 0 aromatic carbocycles. The van der Waals surface area contributed by atoms with Gasteiger partial charge in [-0.15, -0.1) is 0 Å². The number of aliphatic hydroxyl groups is 1. The molecule has 0 amide bonds. The summed E-state index contributed by atoms with van der Waals surface area (Å²) in [5.74, 6) is 0.319. The largest absolute Gasteiger partial charge is 0.464 e. The second kappa shape index (κ2) is 8.51. The van der Waals surface area contributed by atoms with Crippen LogP contribution in [0.15, 0.2) is 0 Å². The summed E-state index contributed by atoms with van der Waals surface area (Å²) in [6, 6.07) is 0. The molecule has 0 heterocycles. The Balaban J connectivity index is 2.17. The molecule has 0 spiro atoms. The molecule has 0 radical (unpaired) electrons. The van der Waals surface area contributed by atoms with E-state index in [1.807, 2.05) is 0 Å². The van der Waals surface area contributed by atoms with Crippen molar-refractivity contribution in [1.82, 2.24) is 5.32 Å². The van der Waals surface area contributed by atoms with Gasteiger partial charge in [-0.2, -0.15) is 0 Å². The van der Waals surface area contributed by atoms with Crippen molar-refractivity contribution in [2.75, 3.05) is 33.0 Å². The van der Waals surface area contributed by atoms with Crippen LogP contribution in [-0.2, 0) is 14.3 Å². The summed E-state index contributed by atoms with van der Waals surface area (Å²) < 4.78 is 10.0. The normalized spacial score (nSPS) is 27.2. The van der Waals surface area contributed by atoms with Crippen LogP contribution in [0, 0.1) is 5.92 Å². The molecule has 0 saturated heterocycles. The fraction of sp³-hybridized carbons (Fsp3) is 0.929. The first-order valence-electron chi connectivity index (χ1n) is 7.21. The Morgan fingerprint density at radius 2 is 2.32 bits per heavy atom. The van der Waals surface area contributed by atoms with Crippen molar-refractivity contribution in [2.24, 2.45) is 5.92 Å².